The molecule has 4 rings (SSSR count). The van der Waals surface area contributed by atoms with Gasteiger partial charge in [-0.15, -0.1) is 0 Å². The topological polar surface area (TPSA) is 49.8 Å². The number of alkyl halides is 3. The first-order chi connectivity index (χ1) is 14.3. The van der Waals surface area contributed by atoms with E-state index in [0.717, 1.165) is 18.1 Å². The van der Waals surface area contributed by atoms with Crippen molar-refractivity contribution in [3.05, 3.63) is 71.3 Å². The Hall–Kier alpha value is -2.54. The molecule has 4 nitrogen and oxygen atoms in total. The van der Waals surface area contributed by atoms with E-state index in [2.05, 4.69) is 0 Å². The third-order valence-corrected chi connectivity index (χ3v) is 6.16. The fraction of sp³-hybridized carbons (Fsp3) is 0.435. The van der Waals surface area contributed by atoms with E-state index in [-0.39, 0.29) is 37.1 Å². The maximum atomic E-state index is 13.5. The molecule has 0 radical (unpaired) electrons. The van der Waals surface area contributed by atoms with Crippen LogP contribution in [0.3, 0.4) is 0 Å². The molecule has 7 heteroatoms. The van der Waals surface area contributed by atoms with Gasteiger partial charge in [-0.25, -0.2) is 4.79 Å². The molecular weight excluding hydrogens is 395 g/mol. The Balaban J connectivity index is 1.55. The third kappa shape index (κ3) is 4.03. The van der Waals surface area contributed by atoms with Crippen LogP contribution in [-0.4, -0.2) is 28.2 Å². The fourth-order valence-electron chi connectivity index (χ4n) is 4.88. The quantitative estimate of drug-likeness (QED) is 0.740. The van der Waals surface area contributed by atoms with Crippen LogP contribution in [0.15, 0.2) is 54.6 Å². The van der Waals surface area contributed by atoms with Crippen molar-refractivity contribution in [3.63, 3.8) is 0 Å². The second-order valence-electron chi connectivity index (χ2n) is 8.17. The number of fused-ring (bicyclic) bond motifs is 2. The third-order valence-electron chi connectivity index (χ3n) is 6.16. The summed E-state index contributed by atoms with van der Waals surface area (Å²) in [6.07, 6.45) is -2.75. The Morgan fingerprint density at radius 1 is 1.03 bits per heavy atom. The summed E-state index contributed by atoms with van der Waals surface area (Å²) in [6, 6.07) is 13.8. The zero-order chi connectivity index (χ0) is 21.4. The summed E-state index contributed by atoms with van der Waals surface area (Å²) in [4.78, 5) is 14.4. The normalized spacial score (nSPS) is 26.3. The fourth-order valence-corrected chi connectivity index (χ4v) is 4.88. The molecule has 160 valence electrons. The molecule has 2 saturated heterocycles. The molecule has 2 aliphatic rings. The van der Waals surface area contributed by atoms with Crippen molar-refractivity contribution in [2.24, 2.45) is 0 Å². The van der Waals surface area contributed by atoms with Crippen molar-refractivity contribution in [1.82, 2.24) is 4.90 Å². The number of amides is 1. The lowest BCUT2D eigenvalue weighted by Crippen LogP contribution is -2.59. The van der Waals surface area contributed by atoms with Gasteiger partial charge in [0.05, 0.1) is 11.2 Å². The molecule has 0 aromatic heterocycles. The number of piperidine rings is 2. The second kappa shape index (κ2) is 7.95. The van der Waals surface area contributed by atoms with E-state index in [4.69, 9.17) is 4.74 Å². The van der Waals surface area contributed by atoms with E-state index in [1.165, 1.54) is 18.2 Å². The molecule has 2 atom stereocenters. The molecule has 2 heterocycles. The van der Waals surface area contributed by atoms with Crippen LogP contribution in [0.2, 0.25) is 0 Å². The van der Waals surface area contributed by atoms with Gasteiger partial charge < -0.3 is 14.7 Å². The van der Waals surface area contributed by atoms with Gasteiger partial charge in [0.2, 0.25) is 0 Å². The first-order valence-corrected chi connectivity index (χ1v) is 10.2. The van der Waals surface area contributed by atoms with Crippen LogP contribution in [0.4, 0.5) is 18.0 Å². The molecule has 2 fully saturated rings. The highest BCUT2D eigenvalue weighted by atomic mass is 19.4. The Labute approximate surface area is 173 Å². The highest BCUT2D eigenvalue weighted by Gasteiger charge is 2.51. The molecule has 1 N–H and O–H groups in total. The Bertz CT molecular complexity index is 886. The number of rotatable bonds is 3. The summed E-state index contributed by atoms with van der Waals surface area (Å²) in [7, 11) is 0. The van der Waals surface area contributed by atoms with Crippen LogP contribution in [0.1, 0.15) is 48.8 Å². The zero-order valence-corrected chi connectivity index (χ0v) is 16.4. The molecule has 2 bridgehead atoms. The number of benzene rings is 2. The molecule has 1 amide bonds. The Kier molecular flexibility index (Phi) is 5.49. The average molecular weight is 419 g/mol. The number of nitrogens with zero attached hydrogens (tertiary/aromatic N) is 1. The minimum absolute atomic E-state index is 0.0665. The van der Waals surface area contributed by atoms with E-state index in [1.807, 2.05) is 30.3 Å². The lowest BCUT2D eigenvalue weighted by molar-refractivity contribution is -0.144. The Morgan fingerprint density at radius 3 is 2.27 bits per heavy atom. The summed E-state index contributed by atoms with van der Waals surface area (Å²) in [5.41, 5.74) is -1.68. The first kappa shape index (κ1) is 20.7. The molecule has 2 aliphatic heterocycles. The highest BCUT2D eigenvalue weighted by Crippen LogP contribution is 2.47. The number of aliphatic hydroxyl groups is 1. The maximum absolute atomic E-state index is 13.5. The van der Waals surface area contributed by atoms with Crippen molar-refractivity contribution < 1.29 is 27.8 Å². The van der Waals surface area contributed by atoms with Gasteiger partial charge in [0, 0.05) is 24.9 Å². The molecule has 0 spiro atoms. The Morgan fingerprint density at radius 2 is 1.63 bits per heavy atom. The summed E-state index contributed by atoms with van der Waals surface area (Å²) in [6.45, 7) is 0.136. The molecule has 30 heavy (non-hydrogen) atoms. The van der Waals surface area contributed by atoms with Crippen LogP contribution in [0, 0.1) is 0 Å². The van der Waals surface area contributed by atoms with Crippen molar-refractivity contribution >= 4 is 6.09 Å². The average Bonchev–Trinajstić information content (AvgIpc) is 2.71. The highest BCUT2D eigenvalue weighted by molar-refractivity contribution is 5.69. The van der Waals surface area contributed by atoms with Crippen molar-refractivity contribution in [2.45, 2.75) is 62.6 Å². The second-order valence-corrected chi connectivity index (χ2v) is 8.17. The first-order valence-electron chi connectivity index (χ1n) is 10.2. The lowest BCUT2D eigenvalue weighted by atomic mass is 9.71. The minimum atomic E-state index is -4.55. The van der Waals surface area contributed by atoms with Crippen LogP contribution in [0.25, 0.3) is 0 Å². The summed E-state index contributed by atoms with van der Waals surface area (Å²) in [5, 5.41) is 11.3. The predicted octanol–water partition coefficient (Wildman–Crippen LogP) is 5.25. The minimum Gasteiger partial charge on any atom is -0.445 e. The van der Waals surface area contributed by atoms with E-state index in [9.17, 15) is 23.1 Å². The number of halogens is 3. The maximum Gasteiger partial charge on any atom is 0.416 e. The zero-order valence-electron chi connectivity index (χ0n) is 16.4. The van der Waals surface area contributed by atoms with E-state index in [0.29, 0.717) is 12.8 Å². The predicted molar refractivity (Wildman–Crippen MR) is 104 cm³/mol. The standard InChI is InChI=1S/C23H24F3NO3/c24-23(25,26)20-12-5-4-11-19(20)22(29)13-17-9-6-10-18(14-22)27(17)21(28)30-15-16-7-2-1-3-8-16/h1-5,7-8,11-12,17-18,29H,6,9-10,13-15H2. The van der Waals surface area contributed by atoms with Gasteiger partial charge in [0.15, 0.2) is 0 Å². The van der Waals surface area contributed by atoms with Crippen LogP contribution in [0.5, 0.6) is 0 Å². The van der Waals surface area contributed by atoms with Gasteiger partial charge in [0.25, 0.3) is 0 Å². The molecule has 2 aromatic rings. The van der Waals surface area contributed by atoms with Crippen LogP contribution >= 0.6 is 0 Å². The molecular formula is C23H24F3NO3. The van der Waals surface area contributed by atoms with Gasteiger partial charge in [-0.05, 0) is 36.5 Å². The van der Waals surface area contributed by atoms with Gasteiger partial charge >= 0.3 is 12.3 Å². The summed E-state index contributed by atoms with van der Waals surface area (Å²) < 4.78 is 46.1. The monoisotopic (exact) mass is 419 g/mol. The smallest absolute Gasteiger partial charge is 0.416 e. The molecule has 0 saturated carbocycles. The van der Waals surface area contributed by atoms with Crippen molar-refractivity contribution in [2.75, 3.05) is 0 Å². The summed E-state index contributed by atoms with van der Waals surface area (Å²) in [5.74, 6) is 0. The van der Waals surface area contributed by atoms with Crippen LogP contribution in [-0.2, 0) is 23.1 Å². The van der Waals surface area contributed by atoms with E-state index >= 15 is 0 Å². The lowest BCUT2D eigenvalue weighted by Gasteiger charge is -2.51. The number of hydrogen-bond donors (Lipinski definition) is 1. The number of carbonyl (C=O) groups is 1. The van der Waals surface area contributed by atoms with Crippen molar-refractivity contribution in [1.29, 1.82) is 0 Å². The van der Waals surface area contributed by atoms with Gasteiger partial charge in [0.1, 0.15) is 6.61 Å². The van der Waals surface area contributed by atoms with Gasteiger partial charge in [-0.1, -0.05) is 48.5 Å². The van der Waals surface area contributed by atoms with Crippen LogP contribution < -0.4 is 0 Å². The van der Waals surface area contributed by atoms with Gasteiger partial charge in [-0.2, -0.15) is 13.2 Å². The molecule has 0 aliphatic carbocycles. The van der Waals surface area contributed by atoms with E-state index < -0.39 is 23.4 Å². The number of hydrogen-bond acceptors (Lipinski definition) is 3. The SMILES string of the molecule is O=C(OCc1ccccc1)N1C2CCCC1CC(O)(c1ccccc1C(F)(F)F)C2. The summed E-state index contributed by atoms with van der Waals surface area (Å²) >= 11 is 0. The molecule has 2 unspecified atom stereocenters. The van der Waals surface area contributed by atoms with Crippen molar-refractivity contribution in [3.8, 4) is 0 Å². The largest absolute Gasteiger partial charge is 0.445 e. The number of ether oxygens (including phenoxy) is 1. The molecule has 2 aromatic carbocycles. The van der Waals surface area contributed by atoms with E-state index in [1.54, 1.807) is 4.90 Å². The van der Waals surface area contributed by atoms with Gasteiger partial charge in [-0.3, -0.25) is 0 Å². The number of carbonyl (C=O) groups excluding carboxylic acids is 1.